The van der Waals surface area contributed by atoms with Crippen LogP contribution in [0.2, 0.25) is 0 Å². The minimum atomic E-state index is -0.346. The van der Waals surface area contributed by atoms with Gasteiger partial charge in [-0.05, 0) is 148 Å². The molecule has 4 aliphatic heterocycles. The summed E-state index contributed by atoms with van der Waals surface area (Å²) in [6, 6.07) is 33.8. The van der Waals surface area contributed by atoms with Gasteiger partial charge in [-0.3, -0.25) is 0 Å². The number of methoxy groups -OCH3 is 2. The van der Waals surface area contributed by atoms with E-state index in [1.54, 1.807) is 26.4 Å². The van der Waals surface area contributed by atoms with E-state index >= 15 is 0 Å². The summed E-state index contributed by atoms with van der Waals surface area (Å²) in [6.45, 7) is 17.4. The van der Waals surface area contributed by atoms with Crippen molar-refractivity contribution in [2.45, 2.75) is 78.7 Å². The third-order valence-electron chi connectivity index (χ3n) is 12.3. The molecule has 6 nitrogen and oxygen atoms in total. The van der Waals surface area contributed by atoms with E-state index in [-0.39, 0.29) is 29.1 Å². The minimum Gasteiger partial charge on any atom is -0.496 e. The topological polar surface area (TPSA) is 61.0 Å². The second-order valence-corrected chi connectivity index (χ2v) is 17.8. The first-order valence-corrected chi connectivity index (χ1v) is 21.0. The number of aryl methyl sites for hydroxylation is 2. The van der Waals surface area contributed by atoms with Crippen molar-refractivity contribution in [2.75, 3.05) is 24.9 Å². The Morgan fingerprint density at radius 1 is 0.525 bits per heavy atom. The molecule has 0 radical (unpaired) electrons. The second kappa shape index (κ2) is 14.9. The van der Waals surface area contributed by atoms with E-state index in [1.165, 1.54) is 56.7 Å². The highest BCUT2D eigenvalue weighted by molar-refractivity contribution is 5.93. The number of benzene rings is 6. The smallest absolute Gasteiger partial charge is 0.150 e. The Labute approximate surface area is 359 Å². The van der Waals surface area contributed by atoms with E-state index in [9.17, 15) is 4.39 Å². The van der Waals surface area contributed by atoms with Crippen LogP contribution in [0.5, 0.6) is 23.0 Å². The van der Waals surface area contributed by atoms with Crippen LogP contribution in [-0.2, 0) is 0 Å². The fraction of sp³-hybridized carbons (Fsp3) is 0.259. The fourth-order valence-electron chi connectivity index (χ4n) is 9.77. The van der Waals surface area contributed by atoms with Crippen molar-refractivity contribution < 1.29 is 23.3 Å². The van der Waals surface area contributed by atoms with Gasteiger partial charge in [-0.25, -0.2) is 4.39 Å². The maximum Gasteiger partial charge on any atom is 0.150 e. The van der Waals surface area contributed by atoms with Crippen LogP contribution in [0.15, 0.2) is 115 Å². The van der Waals surface area contributed by atoms with E-state index in [2.05, 4.69) is 121 Å². The first-order chi connectivity index (χ1) is 29.2. The monoisotopic (exact) mass is 812 g/mol. The van der Waals surface area contributed by atoms with E-state index in [0.717, 1.165) is 67.8 Å². The molecule has 4 heterocycles. The average molecular weight is 813 g/mol. The van der Waals surface area contributed by atoms with Gasteiger partial charge >= 0.3 is 0 Å². The summed E-state index contributed by atoms with van der Waals surface area (Å²) < 4.78 is 38.3. The molecule has 0 aliphatic carbocycles. The molecule has 0 amide bonds. The van der Waals surface area contributed by atoms with Crippen molar-refractivity contribution in [3.63, 3.8) is 0 Å². The molecular weight excluding hydrogens is 760 g/mol. The lowest BCUT2D eigenvalue weighted by Gasteiger charge is -2.37. The van der Waals surface area contributed by atoms with Crippen LogP contribution in [-0.4, -0.2) is 25.3 Å². The number of allylic oxidation sites excluding steroid dienone is 2. The SMILES string of the molecule is COc1cccc2c1-c1ccc3c(c1C(c1ccc(C)c(C)c1)O2)C(C)=CC(C)(C)N3.COc1cccc2c1-c1ccc3c(c1C(c1ccc(F)cc1)O2)C(C)=CC(C)(C)N3. The molecule has 0 aromatic heterocycles. The van der Waals surface area contributed by atoms with Gasteiger partial charge in [-0.15, -0.1) is 0 Å². The largest absolute Gasteiger partial charge is 0.496 e. The van der Waals surface area contributed by atoms with Crippen LogP contribution >= 0.6 is 0 Å². The molecule has 61 heavy (non-hydrogen) atoms. The van der Waals surface area contributed by atoms with Gasteiger partial charge in [0.05, 0.1) is 36.4 Å². The zero-order valence-electron chi connectivity index (χ0n) is 36.6. The minimum absolute atomic E-state index is 0.0909. The Morgan fingerprint density at radius 3 is 1.44 bits per heavy atom. The van der Waals surface area contributed by atoms with E-state index in [1.807, 2.05) is 36.4 Å². The van der Waals surface area contributed by atoms with Crippen molar-refractivity contribution in [1.29, 1.82) is 0 Å². The molecule has 6 aromatic rings. The van der Waals surface area contributed by atoms with Gasteiger partial charge in [-0.2, -0.15) is 0 Å². The van der Waals surface area contributed by atoms with Crippen molar-refractivity contribution in [2.24, 2.45) is 0 Å². The van der Waals surface area contributed by atoms with Crippen molar-refractivity contribution >= 4 is 22.5 Å². The molecule has 310 valence electrons. The molecule has 7 heteroatoms. The molecule has 0 fully saturated rings. The first-order valence-electron chi connectivity index (χ1n) is 21.0. The first kappa shape index (κ1) is 40.0. The summed E-state index contributed by atoms with van der Waals surface area (Å²) in [7, 11) is 3.40. The Bertz CT molecular complexity index is 2800. The lowest BCUT2D eigenvalue weighted by molar-refractivity contribution is 0.241. The van der Waals surface area contributed by atoms with Crippen LogP contribution in [0.1, 0.15) is 98.3 Å². The van der Waals surface area contributed by atoms with E-state index < -0.39 is 0 Å². The van der Waals surface area contributed by atoms with Crippen molar-refractivity contribution in [1.82, 2.24) is 0 Å². The number of nitrogens with one attached hydrogen (secondary N) is 2. The zero-order chi connectivity index (χ0) is 43.0. The molecule has 2 unspecified atom stereocenters. The highest BCUT2D eigenvalue weighted by Crippen LogP contribution is 2.55. The fourth-order valence-corrected chi connectivity index (χ4v) is 9.77. The Balaban J connectivity index is 0.000000156. The summed E-state index contributed by atoms with van der Waals surface area (Å²) in [4.78, 5) is 0. The van der Waals surface area contributed by atoms with E-state index in [0.29, 0.717) is 0 Å². The lowest BCUT2D eigenvalue weighted by atomic mass is 9.80. The van der Waals surface area contributed by atoms with Crippen molar-refractivity contribution in [3.05, 3.63) is 166 Å². The summed E-state index contributed by atoms with van der Waals surface area (Å²) in [6.07, 6.45) is 4.02. The van der Waals surface area contributed by atoms with Crippen LogP contribution < -0.4 is 29.6 Å². The molecular formula is C54H53FN2O4. The Kier molecular flexibility index (Phi) is 9.77. The summed E-state index contributed by atoms with van der Waals surface area (Å²) in [5.41, 5.74) is 18.0. The van der Waals surface area contributed by atoms with Crippen LogP contribution in [0.3, 0.4) is 0 Å². The number of anilines is 2. The molecule has 0 saturated carbocycles. The van der Waals surface area contributed by atoms with Crippen LogP contribution in [0.25, 0.3) is 33.4 Å². The number of hydrogen-bond acceptors (Lipinski definition) is 6. The van der Waals surface area contributed by atoms with Gasteiger partial charge in [0.15, 0.2) is 12.2 Å². The number of halogens is 1. The Morgan fingerprint density at radius 2 is 0.984 bits per heavy atom. The number of fused-ring (bicyclic) bond motifs is 10. The predicted molar refractivity (Wildman–Crippen MR) is 247 cm³/mol. The van der Waals surface area contributed by atoms with Crippen molar-refractivity contribution in [3.8, 4) is 45.3 Å². The summed E-state index contributed by atoms with van der Waals surface area (Å²) in [5, 5.41) is 7.33. The number of rotatable bonds is 4. The number of hydrogen-bond donors (Lipinski definition) is 2. The molecule has 0 spiro atoms. The predicted octanol–water partition coefficient (Wildman–Crippen LogP) is 13.7. The van der Waals surface area contributed by atoms with Crippen LogP contribution in [0.4, 0.5) is 15.8 Å². The quantitative estimate of drug-likeness (QED) is 0.185. The number of ether oxygens (including phenoxy) is 4. The van der Waals surface area contributed by atoms with Crippen LogP contribution in [0, 0.1) is 19.7 Å². The zero-order valence-corrected chi connectivity index (χ0v) is 36.6. The molecule has 0 saturated heterocycles. The Hall–Kier alpha value is -6.47. The van der Waals surface area contributed by atoms with Gasteiger partial charge < -0.3 is 29.6 Å². The van der Waals surface area contributed by atoms with Gasteiger partial charge in [0.1, 0.15) is 28.8 Å². The highest BCUT2D eigenvalue weighted by atomic mass is 19.1. The standard InChI is InChI=1S/C28H29NO2.C26H24FNO2/c1-16-10-11-19(14-17(16)2)27-26-20(25-22(30-6)8-7-9-23(25)31-27)12-13-21-24(26)18(3)15-28(4,5)29-21;1-15-14-26(2,3)28-19-13-12-18-23-20(29-4)6-5-7-21(23)30-25(24(18)22(15)19)16-8-10-17(27)11-9-16/h7-15,27,29H,1-6H3;5-14,25,28H,1-4H3. The van der Waals surface area contributed by atoms with Gasteiger partial charge in [0.25, 0.3) is 0 Å². The second-order valence-electron chi connectivity index (χ2n) is 17.8. The normalized spacial score (nSPS) is 18.1. The molecule has 0 bridgehead atoms. The van der Waals surface area contributed by atoms with E-state index in [4.69, 9.17) is 18.9 Å². The summed E-state index contributed by atoms with van der Waals surface area (Å²) >= 11 is 0. The molecule has 10 rings (SSSR count). The van der Waals surface area contributed by atoms with Gasteiger partial charge in [0.2, 0.25) is 0 Å². The van der Waals surface area contributed by atoms with Gasteiger partial charge in [0, 0.05) is 33.6 Å². The third kappa shape index (κ3) is 7.00. The highest BCUT2D eigenvalue weighted by Gasteiger charge is 2.37. The molecule has 2 atom stereocenters. The third-order valence-corrected chi connectivity index (χ3v) is 12.3. The average Bonchev–Trinajstić information content (AvgIpc) is 3.22. The maximum atomic E-state index is 13.6. The maximum absolute atomic E-state index is 13.6. The molecule has 2 N–H and O–H groups in total. The summed E-state index contributed by atoms with van der Waals surface area (Å²) in [5.74, 6) is 2.98. The lowest BCUT2D eigenvalue weighted by Crippen LogP contribution is -2.32. The van der Waals surface area contributed by atoms with Gasteiger partial charge in [-0.1, -0.05) is 66.7 Å². The molecule has 4 aliphatic rings. The molecule has 6 aromatic carbocycles.